The van der Waals surface area contributed by atoms with Crippen LogP contribution in [0.15, 0.2) is 34.1 Å². The standard InChI is InChI=1S/C13H10BrF3O2S/c1-7-5-10(20-12(7)14)11(18)8-3-2-4-9(6-8)19-13(15,16)17/h2-6,11,18H,1H3. The number of halogens is 4. The highest BCUT2D eigenvalue weighted by molar-refractivity contribution is 9.11. The first-order valence-corrected chi connectivity index (χ1v) is 7.17. The van der Waals surface area contributed by atoms with Crippen LogP contribution in [0.5, 0.6) is 5.75 Å². The van der Waals surface area contributed by atoms with Crippen LogP contribution in [0.1, 0.15) is 22.1 Å². The summed E-state index contributed by atoms with van der Waals surface area (Å²) in [4.78, 5) is 0.651. The lowest BCUT2D eigenvalue weighted by Gasteiger charge is -2.12. The molecule has 20 heavy (non-hydrogen) atoms. The Morgan fingerprint density at radius 3 is 2.55 bits per heavy atom. The Morgan fingerprint density at radius 1 is 1.30 bits per heavy atom. The molecule has 1 N–H and O–H groups in total. The normalized spacial score (nSPS) is 13.3. The minimum absolute atomic E-state index is 0.346. The Balaban J connectivity index is 2.26. The molecule has 0 fully saturated rings. The quantitative estimate of drug-likeness (QED) is 0.845. The van der Waals surface area contributed by atoms with Crippen LogP contribution in [0.4, 0.5) is 13.2 Å². The number of rotatable bonds is 3. The fraction of sp³-hybridized carbons (Fsp3) is 0.231. The van der Waals surface area contributed by atoms with Gasteiger partial charge in [0, 0.05) is 4.88 Å². The summed E-state index contributed by atoms with van der Waals surface area (Å²) in [5.41, 5.74) is 1.31. The molecule has 1 heterocycles. The van der Waals surface area contributed by atoms with Crippen LogP contribution in [0, 0.1) is 6.92 Å². The maximum atomic E-state index is 12.2. The number of hydrogen-bond acceptors (Lipinski definition) is 3. The Bertz CT molecular complexity index is 590. The Kier molecular flexibility index (Phi) is 4.41. The molecule has 1 unspecified atom stereocenters. The molecular weight excluding hydrogens is 357 g/mol. The molecule has 0 saturated carbocycles. The molecular formula is C13H10BrF3O2S. The summed E-state index contributed by atoms with van der Waals surface area (Å²) in [5.74, 6) is -0.346. The van der Waals surface area contributed by atoms with Crippen molar-refractivity contribution >= 4 is 27.3 Å². The van der Waals surface area contributed by atoms with Crippen molar-refractivity contribution in [1.29, 1.82) is 0 Å². The monoisotopic (exact) mass is 366 g/mol. The third kappa shape index (κ3) is 3.74. The molecule has 1 aromatic heterocycles. The summed E-state index contributed by atoms with van der Waals surface area (Å²) in [6.07, 6.45) is -5.73. The van der Waals surface area contributed by atoms with Crippen LogP contribution in [-0.4, -0.2) is 11.5 Å². The zero-order valence-corrected chi connectivity index (χ0v) is 12.6. The molecule has 2 rings (SSSR count). The van der Waals surface area contributed by atoms with Gasteiger partial charge in [0.2, 0.25) is 0 Å². The molecule has 0 radical (unpaired) electrons. The van der Waals surface area contributed by atoms with Gasteiger partial charge in [-0.15, -0.1) is 24.5 Å². The molecule has 2 nitrogen and oxygen atoms in total. The fourth-order valence-electron chi connectivity index (χ4n) is 1.66. The van der Waals surface area contributed by atoms with Crippen LogP contribution in [0.2, 0.25) is 0 Å². The Hall–Kier alpha value is -1.05. The number of ether oxygens (including phenoxy) is 1. The van der Waals surface area contributed by atoms with Crippen LogP contribution < -0.4 is 4.74 Å². The van der Waals surface area contributed by atoms with E-state index < -0.39 is 12.5 Å². The predicted molar refractivity (Wildman–Crippen MR) is 73.9 cm³/mol. The first-order chi connectivity index (χ1) is 9.26. The second kappa shape index (κ2) is 5.75. The molecule has 1 aromatic carbocycles. The maximum absolute atomic E-state index is 12.2. The third-order valence-corrected chi connectivity index (χ3v) is 4.74. The lowest BCUT2D eigenvalue weighted by atomic mass is 10.1. The summed E-state index contributed by atoms with van der Waals surface area (Å²) in [7, 11) is 0. The van der Waals surface area contributed by atoms with Gasteiger partial charge >= 0.3 is 6.36 Å². The summed E-state index contributed by atoms with van der Waals surface area (Å²) >= 11 is 4.69. The lowest BCUT2D eigenvalue weighted by Crippen LogP contribution is -2.17. The van der Waals surface area contributed by atoms with Gasteiger partial charge in [0.25, 0.3) is 0 Å². The van der Waals surface area contributed by atoms with E-state index in [0.29, 0.717) is 10.4 Å². The summed E-state index contributed by atoms with van der Waals surface area (Å²) in [5, 5.41) is 10.2. The van der Waals surface area contributed by atoms with Gasteiger partial charge in [0.1, 0.15) is 11.9 Å². The zero-order valence-electron chi connectivity index (χ0n) is 10.2. The van der Waals surface area contributed by atoms with Crippen molar-refractivity contribution in [3.8, 4) is 5.75 Å². The maximum Gasteiger partial charge on any atom is 0.573 e. The van der Waals surface area contributed by atoms with E-state index >= 15 is 0 Å². The fourth-order valence-corrected chi connectivity index (χ4v) is 3.25. The van der Waals surface area contributed by atoms with Gasteiger partial charge in [0.15, 0.2) is 0 Å². The molecule has 2 aromatic rings. The van der Waals surface area contributed by atoms with Crippen LogP contribution in [-0.2, 0) is 0 Å². The number of thiophene rings is 1. The molecule has 0 saturated heterocycles. The van der Waals surface area contributed by atoms with Crippen molar-refractivity contribution in [2.45, 2.75) is 19.4 Å². The van der Waals surface area contributed by atoms with E-state index in [2.05, 4.69) is 20.7 Å². The molecule has 0 aliphatic heterocycles. The van der Waals surface area contributed by atoms with Crippen LogP contribution in [0.3, 0.4) is 0 Å². The summed E-state index contributed by atoms with van der Waals surface area (Å²) in [6.45, 7) is 1.87. The topological polar surface area (TPSA) is 29.5 Å². The second-order valence-corrected chi connectivity index (χ2v) is 6.53. The molecule has 0 spiro atoms. The van der Waals surface area contributed by atoms with Crippen molar-refractivity contribution < 1.29 is 23.0 Å². The van der Waals surface area contributed by atoms with E-state index in [1.165, 1.54) is 29.5 Å². The minimum atomic E-state index is -4.74. The molecule has 0 aliphatic carbocycles. The largest absolute Gasteiger partial charge is 0.573 e. The number of alkyl halides is 3. The highest BCUT2D eigenvalue weighted by Gasteiger charge is 2.31. The van der Waals surface area contributed by atoms with Crippen molar-refractivity contribution in [3.05, 3.63) is 50.1 Å². The van der Waals surface area contributed by atoms with E-state index in [9.17, 15) is 18.3 Å². The van der Waals surface area contributed by atoms with Gasteiger partial charge < -0.3 is 9.84 Å². The Morgan fingerprint density at radius 2 is 2.00 bits per heavy atom. The van der Waals surface area contributed by atoms with Gasteiger partial charge in [-0.2, -0.15) is 0 Å². The number of aryl methyl sites for hydroxylation is 1. The smallest absolute Gasteiger partial charge is 0.406 e. The van der Waals surface area contributed by atoms with E-state index in [1.54, 1.807) is 12.1 Å². The van der Waals surface area contributed by atoms with Crippen molar-refractivity contribution in [2.75, 3.05) is 0 Å². The number of benzene rings is 1. The molecule has 0 amide bonds. The highest BCUT2D eigenvalue weighted by Crippen LogP contribution is 2.35. The van der Waals surface area contributed by atoms with Gasteiger partial charge in [-0.1, -0.05) is 12.1 Å². The summed E-state index contributed by atoms with van der Waals surface area (Å²) < 4.78 is 41.2. The first-order valence-electron chi connectivity index (χ1n) is 5.56. The second-order valence-electron chi connectivity index (χ2n) is 4.13. The highest BCUT2D eigenvalue weighted by atomic mass is 79.9. The van der Waals surface area contributed by atoms with Crippen LogP contribution in [0.25, 0.3) is 0 Å². The van der Waals surface area contributed by atoms with E-state index in [0.717, 1.165) is 9.35 Å². The SMILES string of the molecule is Cc1cc(C(O)c2cccc(OC(F)(F)F)c2)sc1Br. The Labute approximate surface area is 125 Å². The molecule has 108 valence electrons. The number of aliphatic hydroxyl groups is 1. The van der Waals surface area contributed by atoms with E-state index in [1.807, 2.05) is 6.92 Å². The van der Waals surface area contributed by atoms with E-state index in [4.69, 9.17) is 0 Å². The van der Waals surface area contributed by atoms with Gasteiger partial charge in [-0.3, -0.25) is 0 Å². The molecule has 0 aliphatic rings. The summed E-state index contributed by atoms with van der Waals surface area (Å²) in [6, 6.07) is 7.13. The van der Waals surface area contributed by atoms with Gasteiger partial charge in [0.05, 0.1) is 3.79 Å². The van der Waals surface area contributed by atoms with E-state index in [-0.39, 0.29) is 5.75 Å². The van der Waals surface area contributed by atoms with Crippen molar-refractivity contribution in [1.82, 2.24) is 0 Å². The average molecular weight is 367 g/mol. The number of hydrogen-bond donors (Lipinski definition) is 1. The van der Waals surface area contributed by atoms with Crippen molar-refractivity contribution in [2.24, 2.45) is 0 Å². The average Bonchev–Trinajstić information content (AvgIpc) is 2.67. The molecule has 0 bridgehead atoms. The van der Waals surface area contributed by atoms with Gasteiger partial charge in [-0.05, 0) is 52.2 Å². The number of aliphatic hydroxyl groups excluding tert-OH is 1. The predicted octanol–water partition coefficient (Wildman–Crippen LogP) is 4.80. The van der Waals surface area contributed by atoms with Gasteiger partial charge in [-0.25, -0.2) is 0 Å². The molecule has 1 atom stereocenters. The first kappa shape index (κ1) is 15.3. The van der Waals surface area contributed by atoms with Crippen molar-refractivity contribution in [3.63, 3.8) is 0 Å². The lowest BCUT2D eigenvalue weighted by molar-refractivity contribution is -0.274. The third-order valence-electron chi connectivity index (χ3n) is 2.55. The minimum Gasteiger partial charge on any atom is -0.406 e. The molecule has 7 heteroatoms. The zero-order chi connectivity index (χ0) is 14.9. The van der Waals surface area contributed by atoms with Crippen LogP contribution >= 0.6 is 27.3 Å².